The summed E-state index contributed by atoms with van der Waals surface area (Å²) in [5.41, 5.74) is 2.95. The normalized spacial score (nSPS) is 20.9. The summed E-state index contributed by atoms with van der Waals surface area (Å²) in [5, 5.41) is 10.8. The molecule has 0 aromatic heterocycles. The van der Waals surface area contributed by atoms with Gasteiger partial charge in [0, 0.05) is 12.8 Å². The van der Waals surface area contributed by atoms with Gasteiger partial charge in [-0.25, -0.2) is 4.39 Å². The fourth-order valence-electron chi connectivity index (χ4n) is 4.20. The number of hydrogen-bond donors (Lipinski definition) is 1. The number of aliphatic hydroxyl groups is 1. The third-order valence-electron chi connectivity index (χ3n) is 5.78. The smallest absolute Gasteiger partial charge is 0.231 e. The van der Waals surface area contributed by atoms with Gasteiger partial charge in [-0.3, -0.25) is 0 Å². The van der Waals surface area contributed by atoms with Crippen molar-refractivity contribution in [2.24, 2.45) is 0 Å². The van der Waals surface area contributed by atoms with E-state index < -0.39 is 6.10 Å². The van der Waals surface area contributed by atoms with Crippen LogP contribution in [0, 0.1) is 5.82 Å². The minimum absolute atomic E-state index is 0.0123. The predicted octanol–water partition coefficient (Wildman–Crippen LogP) is 3.36. The molecule has 0 spiro atoms. The van der Waals surface area contributed by atoms with Gasteiger partial charge in [0.1, 0.15) is 11.9 Å². The van der Waals surface area contributed by atoms with Gasteiger partial charge in [-0.05, 0) is 29.3 Å². The summed E-state index contributed by atoms with van der Waals surface area (Å²) in [6.45, 7) is 1.13. The summed E-state index contributed by atoms with van der Waals surface area (Å²) >= 11 is 0. The number of quaternary nitrogens is 1. The Bertz CT molecular complexity index is 850. The van der Waals surface area contributed by atoms with Crippen LogP contribution in [-0.4, -0.2) is 44.1 Å². The largest absolute Gasteiger partial charge is 0.492 e. The van der Waals surface area contributed by atoms with Crippen LogP contribution >= 0.6 is 0 Å². The van der Waals surface area contributed by atoms with Crippen molar-refractivity contribution in [2.45, 2.75) is 25.0 Å². The fraction of sp³-hybridized carbons (Fsp3) is 0.429. The van der Waals surface area contributed by atoms with E-state index in [9.17, 15) is 9.50 Å². The SMILES string of the molecule is COc1c2c(cc3c1[C@H](C[C@H](O)c1ccc(F)cc1)[N+](C)(C)CC3)OCO2. The Morgan fingerprint density at radius 2 is 2.00 bits per heavy atom. The molecule has 0 radical (unpaired) electrons. The molecule has 4 rings (SSSR count). The molecule has 0 saturated heterocycles. The molecule has 2 aliphatic rings. The molecule has 0 aliphatic carbocycles. The molecule has 0 saturated carbocycles. The maximum atomic E-state index is 13.2. The van der Waals surface area contributed by atoms with Crippen molar-refractivity contribution in [3.05, 3.63) is 52.8 Å². The Morgan fingerprint density at radius 1 is 1.26 bits per heavy atom. The number of fused-ring (bicyclic) bond motifs is 2. The van der Waals surface area contributed by atoms with Gasteiger partial charge >= 0.3 is 0 Å². The van der Waals surface area contributed by atoms with Crippen molar-refractivity contribution in [2.75, 3.05) is 34.5 Å². The zero-order valence-corrected chi connectivity index (χ0v) is 15.9. The molecule has 144 valence electrons. The van der Waals surface area contributed by atoms with Crippen LogP contribution in [0.2, 0.25) is 0 Å². The quantitative estimate of drug-likeness (QED) is 0.834. The summed E-state index contributed by atoms with van der Waals surface area (Å²) in [4.78, 5) is 0. The van der Waals surface area contributed by atoms with E-state index in [4.69, 9.17) is 14.2 Å². The standard InChI is InChI=1S/C21H25FNO4/c1-23(2)9-8-14-10-18-20(27-12-26-18)21(25-3)19(14)16(23)11-17(24)13-4-6-15(22)7-5-13/h4-7,10,16-17,24H,8-9,11-12H2,1-3H3/q+1/t16-,17-/m0/s1. The number of nitrogens with zero attached hydrogens (tertiary/aromatic N) is 1. The molecule has 5 nitrogen and oxygen atoms in total. The zero-order valence-electron chi connectivity index (χ0n) is 15.9. The summed E-state index contributed by atoms with van der Waals surface area (Å²) in [5.74, 6) is 1.75. The number of likely N-dealkylation sites (N-methyl/N-ethyl adjacent to an activating group) is 1. The van der Waals surface area contributed by atoms with Gasteiger partial charge in [0.2, 0.25) is 12.5 Å². The Kier molecular flexibility index (Phi) is 4.48. The first-order chi connectivity index (χ1) is 12.9. The first-order valence-electron chi connectivity index (χ1n) is 9.16. The molecule has 6 heteroatoms. The predicted molar refractivity (Wildman–Crippen MR) is 98.5 cm³/mol. The van der Waals surface area contributed by atoms with Gasteiger partial charge in [0.05, 0.1) is 39.4 Å². The van der Waals surface area contributed by atoms with E-state index in [-0.39, 0.29) is 18.7 Å². The van der Waals surface area contributed by atoms with Crippen molar-refractivity contribution in [3.63, 3.8) is 0 Å². The lowest BCUT2D eigenvalue weighted by Crippen LogP contribution is -2.48. The lowest BCUT2D eigenvalue weighted by molar-refractivity contribution is -0.924. The number of methoxy groups -OCH3 is 1. The highest BCUT2D eigenvalue weighted by molar-refractivity contribution is 5.61. The van der Waals surface area contributed by atoms with Crippen LogP contribution in [0.15, 0.2) is 30.3 Å². The molecule has 1 N–H and O–H groups in total. The number of benzene rings is 2. The maximum Gasteiger partial charge on any atom is 0.231 e. The highest BCUT2D eigenvalue weighted by Gasteiger charge is 2.42. The highest BCUT2D eigenvalue weighted by atomic mass is 19.1. The third kappa shape index (κ3) is 3.13. The average molecular weight is 374 g/mol. The highest BCUT2D eigenvalue weighted by Crippen LogP contribution is 2.52. The third-order valence-corrected chi connectivity index (χ3v) is 5.78. The summed E-state index contributed by atoms with van der Waals surface area (Å²) < 4.78 is 30.9. The number of aliphatic hydroxyl groups excluding tert-OH is 1. The Labute approximate surface area is 158 Å². The lowest BCUT2D eigenvalue weighted by Gasteiger charge is -2.44. The van der Waals surface area contributed by atoms with Gasteiger partial charge in [-0.2, -0.15) is 0 Å². The van der Waals surface area contributed by atoms with Crippen molar-refractivity contribution in [1.82, 2.24) is 0 Å². The van der Waals surface area contributed by atoms with Crippen LogP contribution < -0.4 is 14.2 Å². The molecular weight excluding hydrogens is 349 g/mol. The molecule has 2 heterocycles. The van der Waals surface area contributed by atoms with Crippen molar-refractivity contribution in [1.29, 1.82) is 0 Å². The molecule has 2 aliphatic heterocycles. The van der Waals surface area contributed by atoms with Crippen LogP contribution in [0.1, 0.15) is 35.3 Å². The topological polar surface area (TPSA) is 47.9 Å². The van der Waals surface area contributed by atoms with Crippen LogP contribution in [0.5, 0.6) is 17.2 Å². The molecule has 2 atom stereocenters. The van der Waals surface area contributed by atoms with E-state index in [2.05, 4.69) is 14.1 Å². The van der Waals surface area contributed by atoms with Crippen LogP contribution in [-0.2, 0) is 6.42 Å². The second kappa shape index (κ2) is 6.69. The molecule has 0 fully saturated rings. The maximum absolute atomic E-state index is 13.2. The number of ether oxygens (including phenoxy) is 3. The Hall–Kier alpha value is -2.31. The molecule has 2 aromatic rings. The number of halogens is 1. The molecule has 27 heavy (non-hydrogen) atoms. The van der Waals surface area contributed by atoms with E-state index in [1.807, 2.05) is 6.07 Å². The van der Waals surface area contributed by atoms with E-state index in [0.717, 1.165) is 28.8 Å². The van der Waals surface area contributed by atoms with Gasteiger partial charge in [0.25, 0.3) is 0 Å². The Morgan fingerprint density at radius 3 is 2.70 bits per heavy atom. The van der Waals surface area contributed by atoms with E-state index in [1.54, 1.807) is 19.2 Å². The first kappa shape index (κ1) is 18.1. The van der Waals surface area contributed by atoms with E-state index in [0.29, 0.717) is 23.5 Å². The molecule has 0 unspecified atom stereocenters. The number of hydrogen-bond acceptors (Lipinski definition) is 4. The van der Waals surface area contributed by atoms with Gasteiger partial charge in [-0.1, -0.05) is 12.1 Å². The van der Waals surface area contributed by atoms with Crippen LogP contribution in [0.3, 0.4) is 0 Å². The van der Waals surface area contributed by atoms with Crippen molar-refractivity contribution < 1.29 is 28.2 Å². The minimum atomic E-state index is -0.700. The van der Waals surface area contributed by atoms with E-state index >= 15 is 0 Å². The average Bonchev–Trinajstić information content (AvgIpc) is 3.11. The zero-order chi connectivity index (χ0) is 19.2. The molecular formula is C21H25FNO4+. The molecule has 2 aromatic carbocycles. The Balaban J connectivity index is 1.75. The molecule has 0 bridgehead atoms. The first-order valence-corrected chi connectivity index (χ1v) is 9.16. The van der Waals surface area contributed by atoms with Gasteiger partial charge in [0.15, 0.2) is 11.5 Å². The summed E-state index contributed by atoms with van der Waals surface area (Å²) in [6, 6.07) is 8.09. The monoisotopic (exact) mass is 374 g/mol. The van der Waals surface area contributed by atoms with E-state index in [1.165, 1.54) is 17.7 Å². The van der Waals surface area contributed by atoms with Gasteiger partial charge in [-0.15, -0.1) is 0 Å². The second-order valence-electron chi connectivity index (χ2n) is 7.79. The number of rotatable bonds is 4. The van der Waals surface area contributed by atoms with Crippen molar-refractivity contribution in [3.8, 4) is 17.2 Å². The van der Waals surface area contributed by atoms with Crippen LogP contribution in [0.25, 0.3) is 0 Å². The minimum Gasteiger partial charge on any atom is -0.492 e. The van der Waals surface area contributed by atoms with Crippen molar-refractivity contribution >= 4 is 0 Å². The summed E-state index contributed by atoms with van der Waals surface area (Å²) in [7, 11) is 5.96. The fourth-order valence-corrected chi connectivity index (χ4v) is 4.20. The lowest BCUT2D eigenvalue weighted by atomic mass is 9.85. The van der Waals surface area contributed by atoms with Gasteiger partial charge < -0.3 is 23.8 Å². The second-order valence-corrected chi connectivity index (χ2v) is 7.79. The van der Waals surface area contributed by atoms with Crippen LogP contribution in [0.4, 0.5) is 4.39 Å². The molecule has 0 amide bonds. The summed E-state index contributed by atoms with van der Waals surface area (Å²) in [6.07, 6.45) is 0.703.